The van der Waals surface area contributed by atoms with Gasteiger partial charge in [-0.25, -0.2) is 4.99 Å². The van der Waals surface area contributed by atoms with E-state index in [-0.39, 0.29) is 0 Å². The van der Waals surface area contributed by atoms with Gasteiger partial charge in [-0.15, -0.1) is 0 Å². The molecular weight excluding hydrogens is 224 g/mol. The van der Waals surface area contributed by atoms with Crippen molar-refractivity contribution in [2.45, 2.75) is 19.8 Å². The number of amidine groups is 1. The first-order valence-corrected chi connectivity index (χ1v) is 5.52. The van der Waals surface area contributed by atoms with Crippen LogP contribution < -0.4 is 5.48 Å². The third kappa shape index (κ3) is 2.10. The second kappa shape index (κ2) is 4.68. The lowest BCUT2D eigenvalue weighted by Gasteiger charge is -2.17. The molecule has 0 spiro atoms. The molecule has 4 heteroatoms. The van der Waals surface area contributed by atoms with E-state index < -0.39 is 0 Å². The van der Waals surface area contributed by atoms with Crippen molar-refractivity contribution >= 4 is 22.5 Å². The zero-order valence-corrected chi connectivity index (χ0v) is 9.75. The van der Waals surface area contributed by atoms with Crippen LogP contribution in [0.4, 0.5) is 0 Å². The van der Waals surface area contributed by atoms with Crippen LogP contribution in [0, 0.1) is 0 Å². The number of halogens is 1. The van der Waals surface area contributed by atoms with Crippen LogP contribution in [-0.4, -0.2) is 11.0 Å². The fourth-order valence-corrected chi connectivity index (χ4v) is 2.12. The molecule has 0 unspecified atom stereocenters. The largest absolute Gasteiger partial charge is 0.290 e. The van der Waals surface area contributed by atoms with E-state index in [0.717, 1.165) is 24.1 Å². The summed E-state index contributed by atoms with van der Waals surface area (Å²) in [6, 6.07) is 8.05. The Labute approximate surface area is 99.4 Å². The number of allylic oxidation sites excluding steroid dienone is 1. The number of nitrogens with one attached hydrogen (secondary N) is 1. The van der Waals surface area contributed by atoms with Gasteiger partial charge in [0.05, 0.1) is 10.7 Å². The number of nitrogens with zero attached hydrogens (tertiary/aromatic N) is 1. The molecule has 0 radical (unpaired) electrons. The van der Waals surface area contributed by atoms with E-state index in [1.165, 1.54) is 5.56 Å². The number of rotatable bonds is 1. The molecule has 16 heavy (non-hydrogen) atoms. The highest BCUT2D eigenvalue weighted by atomic mass is 35.5. The monoisotopic (exact) mass is 236 g/mol. The molecule has 0 saturated heterocycles. The molecule has 0 heterocycles. The Balaban J connectivity index is 2.43. The van der Waals surface area contributed by atoms with Gasteiger partial charge >= 0.3 is 0 Å². The van der Waals surface area contributed by atoms with E-state index in [9.17, 15) is 0 Å². The fraction of sp³-hybridized carbons (Fsp3) is 0.250. The van der Waals surface area contributed by atoms with Crippen molar-refractivity contribution in [2.24, 2.45) is 4.99 Å². The van der Waals surface area contributed by atoms with Gasteiger partial charge in [0.25, 0.3) is 0 Å². The molecule has 1 aliphatic carbocycles. The Morgan fingerprint density at radius 3 is 2.88 bits per heavy atom. The first-order valence-electron chi connectivity index (χ1n) is 5.14. The number of hydrogen-bond donors (Lipinski definition) is 2. The normalized spacial score (nSPS) is 16.1. The van der Waals surface area contributed by atoms with E-state index in [1.807, 2.05) is 23.7 Å². The van der Waals surface area contributed by atoms with Crippen molar-refractivity contribution in [1.82, 2.24) is 5.48 Å². The van der Waals surface area contributed by atoms with Crippen LogP contribution in [0.2, 0.25) is 0 Å². The summed E-state index contributed by atoms with van der Waals surface area (Å²) < 4.78 is 0. The fourth-order valence-electron chi connectivity index (χ4n) is 1.80. The van der Waals surface area contributed by atoms with Crippen molar-refractivity contribution in [3.63, 3.8) is 0 Å². The molecule has 2 rings (SSSR count). The molecule has 1 aromatic carbocycles. The molecule has 1 aliphatic rings. The van der Waals surface area contributed by atoms with Crippen LogP contribution in [-0.2, 0) is 6.42 Å². The Hall–Kier alpha value is -1.32. The molecule has 0 atom stereocenters. The Morgan fingerprint density at radius 1 is 1.38 bits per heavy atom. The molecule has 2 N–H and O–H groups in total. The second-order valence-corrected chi connectivity index (χ2v) is 4.10. The molecule has 0 bridgehead atoms. The molecule has 0 saturated carbocycles. The predicted octanol–water partition coefficient (Wildman–Crippen LogP) is 2.94. The molecular formula is C12H13ClN2O. The van der Waals surface area contributed by atoms with Crippen molar-refractivity contribution in [2.75, 3.05) is 0 Å². The van der Waals surface area contributed by atoms with Crippen molar-refractivity contribution in [3.05, 3.63) is 41.1 Å². The number of benzene rings is 1. The maximum absolute atomic E-state index is 8.70. The summed E-state index contributed by atoms with van der Waals surface area (Å²) in [6.45, 7) is 1.69. The topological polar surface area (TPSA) is 44.6 Å². The first-order chi connectivity index (χ1) is 7.72. The van der Waals surface area contributed by atoms with Gasteiger partial charge in [-0.1, -0.05) is 35.9 Å². The minimum Gasteiger partial charge on any atom is -0.290 e. The maximum Gasteiger partial charge on any atom is 0.122 e. The molecule has 3 nitrogen and oxygen atoms in total. The van der Waals surface area contributed by atoms with Gasteiger partial charge in [-0.05, 0) is 30.9 Å². The highest BCUT2D eigenvalue weighted by Gasteiger charge is 2.16. The van der Waals surface area contributed by atoms with Crippen LogP contribution in [0.5, 0.6) is 0 Å². The lowest BCUT2D eigenvalue weighted by molar-refractivity contribution is 0.233. The highest BCUT2D eigenvalue weighted by Crippen LogP contribution is 2.34. The van der Waals surface area contributed by atoms with Gasteiger partial charge in [0.15, 0.2) is 0 Å². The third-order valence-electron chi connectivity index (χ3n) is 2.60. The third-order valence-corrected chi connectivity index (χ3v) is 3.02. The number of aryl methyl sites for hydroxylation is 1. The zero-order chi connectivity index (χ0) is 11.5. The number of hydroxylamine groups is 1. The number of hydrogen-bond acceptors (Lipinski definition) is 2. The number of aliphatic imine (C=N–C) groups is 1. The molecule has 0 amide bonds. The van der Waals surface area contributed by atoms with Crippen molar-refractivity contribution < 1.29 is 5.21 Å². The smallest absolute Gasteiger partial charge is 0.122 e. The molecule has 0 fully saturated rings. The molecule has 0 aromatic heterocycles. The average molecular weight is 237 g/mol. The molecule has 1 aromatic rings. The second-order valence-electron chi connectivity index (χ2n) is 3.73. The maximum atomic E-state index is 8.70. The standard InChI is InChI=1S/C12H13ClN2O/c1-8(15-16)14-11-7-6-9-4-2-3-5-10(9)12(11)13/h2-5,16H,6-7H2,1H3,(H,14,15). The summed E-state index contributed by atoms with van der Waals surface area (Å²) in [4.78, 5) is 4.24. The van der Waals surface area contributed by atoms with E-state index in [2.05, 4.69) is 11.1 Å². The van der Waals surface area contributed by atoms with Gasteiger partial charge in [0, 0.05) is 0 Å². The Bertz CT molecular complexity index is 466. The quantitative estimate of drug-likeness (QED) is 0.447. The van der Waals surface area contributed by atoms with Gasteiger partial charge in [-0.3, -0.25) is 10.7 Å². The van der Waals surface area contributed by atoms with Crippen LogP contribution in [0.15, 0.2) is 35.0 Å². The Kier molecular flexibility index (Phi) is 3.27. The lowest BCUT2D eigenvalue weighted by atomic mass is 9.95. The van der Waals surface area contributed by atoms with Gasteiger partial charge in [0.1, 0.15) is 5.84 Å². The predicted molar refractivity (Wildman–Crippen MR) is 65.6 cm³/mol. The van der Waals surface area contributed by atoms with Crippen LogP contribution in [0.3, 0.4) is 0 Å². The van der Waals surface area contributed by atoms with Crippen LogP contribution in [0.1, 0.15) is 24.5 Å². The van der Waals surface area contributed by atoms with Gasteiger partial charge < -0.3 is 0 Å². The molecule has 0 aliphatic heterocycles. The van der Waals surface area contributed by atoms with E-state index in [4.69, 9.17) is 16.8 Å². The summed E-state index contributed by atoms with van der Waals surface area (Å²) in [5, 5.41) is 9.38. The van der Waals surface area contributed by atoms with Gasteiger partial charge in [-0.2, -0.15) is 0 Å². The van der Waals surface area contributed by atoms with E-state index in [1.54, 1.807) is 6.92 Å². The summed E-state index contributed by atoms with van der Waals surface area (Å²) in [5.74, 6) is 0.451. The lowest BCUT2D eigenvalue weighted by Crippen LogP contribution is -2.15. The summed E-state index contributed by atoms with van der Waals surface area (Å²) in [7, 11) is 0. The summed E-state index contributed by atoms with van der Waals surface area (Å²) in [6.07, 6.45) is 1.73. The average Bonchev–Trinajstić information content (AvgIpc) is 2.33. The Morgan fingerprint density at radius 2 is 2.12 bits per heavy atom. The minimum absolute atomic E-state index is 0.451. The van der Waals surface area contributed by atoms with E-state index >= 15 is 0 Å². The first kappa shape index (κ1) is 11.2. The van der Waals surface area contributed by atoms with E-state index in [0.29, 0.717) is 10.9 Å². The molecule has 84 valence electrons. The highest BCUT2D eigenvalue weighted by molar-refractivity contribution is 6.49. The van der Waals surface area contributed by atoms with Crippen molar-refractivity contribution in [1.29, 1.82) is 0 Å². The van der Waals surface area contributed by atoms with Crippen LogP contribution >= 0.6 is 11.6 Å². The zero-order valence-electron chi connectivity index (χ0n) is 9.00. The minimum atomic E-state index is 0.451. The summed E-state index contributed by atoms with van der Waals surface area (Å²) >= 11 is 6.28. The number of fused-ring (bicyclic) bond motifs is 1. The van der Waals surface area contributed by atoms with Gasteiger partial charge in [0.2, 0.25) is 0 Å². The SMILES string of the molecule is CC(=NC1=C(Cl)c2ccccc2CC1)NO. The van der Waals surface area contributed by atoms with Crippen LogP contribution in [0.25, 0.3) is 5.03 Å². The van der Waals surface area contributed by atoms with Crippen molar-refractivity contribution in [3.8, 4) is 0 Å². The summed E-state index contributed by atoms with van der Waals surface area (Å²) in [5.41, 5.74) is 5.13.